The number of carbonyl (C=O) groups excluding carboxylic acids is 2. The van der Waals surface area contributed by atoms with Crippen LogP contribution in [0, 0.1) is 11.7 Å². The van der Waals surface area contributed by atoms with Crippen molar-refractivity contribution < 1.29 is 19.1 Å². The van der Waals surface area contributed by atoms with Gasteiger partial charge in [0.25, 0.3) is 11.5 Å². The van der Waals surface area contributed by atoms with Crippen molar-refractivity contribution in [2.24, 2.45) is 5.92 Å². The van der Waals surface area contributed by atoms with Gasteiger partial charge in [-0.15, -0.1) is 0 Å². The van der Waals surface area contributed by atoms with Gasteiger partial charge in [-0.3, -0.25) is 19.0 Å². The van der Waals surface area contributed by atoms with Gasteiger partial charge in [0.1, 0.15) is 11.4 Å². The van der Waals surface area contributed by atoms with Crippen LogP contribution in [0.1, 0.15) is 41.3 Å². The minimum atomic E-state index is -0.447. The fraction of sp³-hybridized carbons (Fsp3) is 0.435. The Labute approximate surface area is 179 Å². The van der Waals surface area contributed by atoms with Crippen molar-refractivity contribution in [2.75, 3.05) is 26.2 Å². The number of likely N-dealkylation sites (tertiary alicyclic amines) is 1. The lowest BCUT2D eigenvalue weighted by Gasteiger charge is -2.34. The first kappa shape index (κ1) is 21.2. The third-order valence-corrected chi connectivity index (χ3v) is 6.23. The highest BCUT2D eigenvalue weighted by molar-refractivity contribution is 5.96. The second-order valence-electron chi connectivity index (χ2n) is 8.29. The van der Waals surface area contributed by atoms with Gasteiger partial charge in [-0.05, 0) is 60.6 Å². The number of rotatable bonds is 3. The van der Waals surface area contributed by atoms with E-state index in [4.69, 9.17) is 0 Å². The maximum atomic E-state index is 13.5. The molecule has 0 bridgehead atoms. The minimum absolute atomic E-state index is 0.00403. The van der Waals surface area contributed by atoms with Crippen molar-refractivity contribution in [1.82, 2.24) is 14.4 Å². The molecule has 1 unspecified atom stereocenters. The lowest BCUT2D eigenvalue weighted by Crippen LogP contribution is -2.45. The fourth-order valence-corrected chi connectivity index (χ4v) is 4.50. The molecule has 1 N–H and O–H groups in total. The summed E-state index contributed by atoms with van der Waals surface area (Å²) in [4.78, 5) is 42.2. The summed E-state index contributed by atoms with van der Waals surface area (Å²) in [5.41, 5.74) is 1.54. The third-order valence-electron chi connectivity index (χ3n) is 6.23. The molecule has 1 atom stereocenters. The van der Waals surface area contributed by atoms with Gasteiger partial charge in [0, 0.05) is 51.6 Å². The molecule has 2 aliphatic heterocycles. The largest absolute Gasteiger partial charge is 0.396 e. The predicted molar refractivity (Wildman–Crippen MR) is 113 cm³/mol. The highest BCUT2D eigenvalue weighted by Crippen LogP contribution is 2.25. The lowest BCUT2D eigenvalue weighted by molar-refractivity contribution is -0.129. The summed E-state index contributed by atoms with van der Waals surface area (Å²) in [6.07, 6.45) is 3.70. The summed E-state index contributed by atoms with van der Waals surface area (Å²) in [5, 5.41) is 9.53. The molecule has 2 amide bonds. The van der Waals surface area contributed by atoms with E-state index in [0.717, 1.165) is 18.4 Å². The molecule has 1 fully saturated rings. The van der Waals surface area contributed by atoms with Gasteiger partial charge in [-0.2, -0.15) is 0 Å². The molecular formula is C23H26FN3O4. The van der Waals surface area contributed by atoms with Crippen LogP contribution in [0.5, 0.6) is 0 Å². The van der Waals surface area contributed by atoms with Gasteiger partial charge < -0.3 is 14.9 Å². The first-order chi connectivity index (χ1) is 14.9. The normalized spacial score (nSPS) is 18.6. The number of aliphatic hydroxyl groups excluding tert-OH is 1. The Hall–Kier alpha value is -3.00. The minimum Gasteiger partial charge on any atom is -0.396 e. The van der Waals surface area contributed by atoms with Crippen LogP contribution in [0.15, 0.2) is 35.3 Å². The van der Waals surface area contributed by atoms with Gasteiger partial charge >= 0.3 is 0 Å². The van der Waals surface area contributed by atoms with Crippen LogP contribution in [-0.2, 0) is 17.8 Å². The Bertz CT molecular complexity index is 1060. The monoisotopic (exact) mass is 427 g/mol. The van der Waals surface area contributed by atoms with Crippen LogP contribution in [0.2, 0.25) is 0 Å². The highest BCUT2D eigenvalue weighted by Gasteiger charge is 2.31. The maximum Gasteiger partial charge on any atom is 0.268 e. The summed E-state index contributed by atoms with van der Waals surface area (Å²) in [6, 6.07) is 5.51. The predicted octanol–water partition coefficient (Wildman–Crippen LogP) is 1.73. The van der Waals surface area contributed by atoms with Crippen molar-refractivity contribution in [2.45, 2.75) is 32.7 Å². The Kier molecular flexibility index (Phi) is 5.91. The van der Waals surface area contributed by atoms with Gasteiger partial charge in [0.15, 0.2) is 0 Å². The van der Waals surface area contributed by atoms with Crippen molar-refractivity contribution in [3.63, 3.8) is 0 Å². The van der Waals surface area contributed by atoms with Crippen LogP contribution >= 0.6 is 0 Å². The summed E-state index contributed by atoms with van der Waals surface area (Å²) >= 11 is 0. The molecule has 1 aromatic heterocycles. The van der Waals surface area contributed by atoms with E-state index in [9.17, 15) is 23.9 Å². The molecule has 0 radical (unpaired) electrons. The number of piperidine rings is 1. The molecule has 0 spiro atoms. The van der Waals surface area contributed by atoms with Crippen LogP contribution in [0.4, 0.5) is 4.39 Å². The Balaban J connectivity index is 1.83. The fourth-order valence-electron chi connectivity index (χ4n) is 4.50. The zero-order valence-electron chi connectivity index (χ0n) is 17.5. The van der Waals surface area contributed by atoms with Crippen molar-refractivity contribution in [3.8, 4) is 5.69 Å². The van der Waals surface area contributed by atoms with Gasteiger partial charge in [-0.25, -0.2) is 4.39 Å². The number of halogens is 1. The molecular weight excluding hydrogens is 401 g/mol. The zero-order valence-corrected chi connectivity index (χ0v) is 17.5. The number of nitrogens with zero attached hydrogens (tertiary/aromatic N) is 3. The summed E-state index contributed by atoms with van der Waals surface area (Å²) in [7, 11) is 0. The quantitative estimate of drug-likeness (QED) is 0.809. The molecule has 3 heterocycles. The molecule has 31 heavy (non-hydrogen) atoms. The molecule has 2 aliphatic rings. The van der Waals surface area contributed by atoms with E-state index in [1.807, 2.05) is 0 Å². The van der Waals surface area contributed by atoms with Crippen molar-refractivity contribution >= 4 is 11.8 Å². The number of pyridine rings is 1. The standard InChI is InChI=1S/C23H26FN3O4/c1-15(29)25-10-8-20-17(12-25)13-27(19-6-4-18(24)5-7-19)23(31)21(20)22(30)26-9-2-3-16(11-26)14-28/h4-7,13,16,28H,2-3,8-12,14H2,1H3. The number of aromatic nitrogens is 1. The molecule has 1 saturated heterocycles. The highest BCUT2D eigenvalue weighted by atomic mass is 19.1. The number of hydrogen-bond acceptors (Lipinski definition) is 4. The SMILES string of the molecule is CC(=O)N1CCc2c(cn(-c3ccc(F)cc3)c(=O)c2C(=O)N2CCCC(CO)C2)C1. The molecule has 7 nitrogen and oxygen atoms in total. The first-order valence-corrected chi connectivity index (χ1v) is 10.6. The molecule has 4 rings (SSSR count). The molecule has 1 aromatic carbocycles. The van der Waals surface area contributed by atoms with E-state index < -0.39 is 11.4 Å². The molecule has 164 valence electrons. The summed E-state index contributed by atoms with van der Waals surface area (Å²) < 4.78 is 14.8. The molecule has 0 aliphatic carbocycles. The number of fused-ring (bicyclic) bond motifs is 1. The van der Waals surface area contributed by atoms with Crippen LogP contribution in [0.3, 0.4) is 0 Å². The van der Waals surface area contributed by atoms with Crippen molar-refractivity contribution in [3.05, 3.63) is 63.3 Å². The summed E-state index contributed by atoms with van der Waals surface area (Å²) in [5.74, 6) is -0.825. The Morgan fingerprint density at radius 1 is 1.16 bits per heavy atom. The van der Waals surface area contributed by atoms with E-state index in [1.165, 1.54) is 35.8 Å². The topological polar surface area (TPSA) is 82.9 Å². The van der Waals surface area contributed by atoms with Crippen LogP contribution in [0.25, 0.3) is 5.69 Å². The van der Waals surface area contributed by atoms with Gasteiger partial charge in [0.2, 0.25) is 5.91 Å². The Morgan fingerprint density at radius 2 is 1.90 bits per heavy atom. The van der Waals surface area contributed by atoms with E-state index in [2.05, 4.69) is 0 Å². The third kappa shape index (κ3) is 4.12. The second-order valence-corrected chi connectivity index (χ2v) is 8.29. The van der Waals surface area contributed by atoms with Crippen LogP contribution in [-0.4, -0.2) is 57.5 Å². The van der Waals surface area contributed by atoms with Crippen LogP contribution < -0.4 is 5.56 Å². The number of aliphatic hydroxyl groups is 1. The molecule has 2 aromatic rings. The number of hydrogen-bond donors (Lipinski definition) is 1. The Morgan fingerprint density at radius 3 is 2.58 bits per heavy atom. The lowest BCUT2D eigenvalue weighted by atomic mass is 9.93. The number of carbonyl (C=O) groups is 2. The second kappa shape index (κ2) is 8.63. The number of amides is 2. The summed E-state index contributed by atoms with van der Waals surface area (Å²) in [6.45, 7) is 3.20. The average Bonchev–Trinajstić information content (AvgIpc) is 2.78. The smallest absolute Gasteiger partial charge is 0.268 e. The molecule has 8 heteroatoms. The maximum absolute atomic E-state index is 13.5. The first-order valence-electron chi connectivity index (χ1n) is 10.6. The number of benzene rings is 1. The molecule has 0 saturated carbocycles. The van der Waals surface area contributed by atoms with E-state index in [0.29, 0.717) is 43.9 Å². The van der Waals surface area contributed by atoms with E-state index >= 15 is 0 Å². The van der Waals surface area contributed by atoms with E-state index in [1.54, 1.807) is 16.0 Å². The zero-order chi connectivity index (χ0) is 22.1. The average molecular weight is 427 g/mol. The van der Waals surface area contributed by atoms with Crippen molar-refractivity contribution in [1.29, 1.82) is 0 Å². The van der Waals surface area contributed by atoms with E-state index in [-0.39, 0.29) is 29.9 Å². The van der Waals surface area contributed by atoms with Gasteiger partial charge in [0.05, 0.1) is 0 Å². The van der Waals surface area contributed by atoms with Gasteiger partial charge in [-0.1, -0.05) is 0 Å².